The zero-order valence-electron chi connectivity index (χ0n) is 16.4. The van der Waals surface area contributed by atoms with E-state index in [1.54, 1.807) is 0 Å². The number of amides is 2. The number of benzene rings is 2. The highest BCUT2D eigenvalue weighted by atomic mass is 16.5. The third kappa shape index (κ3) is 5.73. The highest BCUT2D eigenvalue weighted by Gasteiger charge is 2.21. The summed E-state index contributed by atoms with van der Waals surface area (Å²) < 4.78 is 5.84. The molecule has 144 valence electrons. The number of anilines is 1. The van der Waals surface area contributed by atoms with E-state index in [4.69, 9.17) is 4.74 Å². The first-order chi connectivity index (χ1) is 13.0. The molecule has 2 amide bonds. The topological polar surface area (TPSA) is 53.6 Å². The molecule has 0 radical (unpaired) electrons. The van der Waals surface area contributed by atoms with Crippen molar-refractivity contribution in [3.8, 4) is 11.5 Å². The molecule has 2 N–H and O–H groups in total. The van der Waals surface area contributed by atoms with Gasteiger partial charge in [0.25, 0.3) is 0 Å². The smallest absolute Gasteiger partial charge is 0.319 e. The summed E-state index contributed by atoms with van der Waals surface area (Å²) in [6, 6.07) is 16.0. The van der Waals surface area contributed by atoms with Gasteiger partial charge in [0.05, 0.1) is 0 Å². The molecule has 1 heterocycles. The zero-order chi connectivity index (χ0) is 19.2. The molecule has 0 unspecified atom stereocenters. The number of ether oxygens (including phenoxy) is 1. The maximum absolute atomic E-state index is 12.2. The van der Waals surface area contributed by atoms with Crippen molar-refractivity contribution in [1.29, 1.82) is 0 Å². The Kier molecular flexibility index (Phi) is 6.35. The predicted octanol–water partition coefficient (Wildman–Crippen LogP) is 4.78. The van der Waals surface area contributed by atoms with Crippen molar-refractivity contribution < 1.29 is 9.53 Å². The van der Waals surface area contributed by atoms with Crippen molar-refractivity contribution in [1.82, 2.24) is 10.2 Å². The van der Waals surface area contributed by atoms with E-state index < -0.39 is 0 Å². The third-order valence-electron chi connectivity index (χ3n) is 4.93. The Morgan fingerprint density at radius 2 is 1.78 bits per heavy atom. The van der Waals surface area contributed by atoms with E-state index in [9.17, 15) is 4.79 Å². The van der Waals surface area contributed by atoms with Gasteiger partial charge in [0.1, 0.15) is 11.5 Å². The van der Waals surface area contributed by atoms with Crippen LogP contribution in [0.3, 0.4) is 0 Å². The van der Waals surface area contributed by atoms with Crippen LogP contribution in [0.4, 0.5) is 10.5 Å². The van der Waals surface area contributed by atoms with E-state index in [2.05, 4.69) is 29.4 Å². The van der Waals surface area contributed by atoms with Gasteiger partial charge >= 0.3 is 6.03 Å². The third-order valence-corrected chi connectivity index (χ3v) is 4.93. The number of rotatable bonds is 5. The van der Waals surface area contributed by atoms with E-state index in [1.807, 2.05) is 55.5 Å². The molecule has 2 aromatic carbocycles. The molecular weight excluding hydrogens is 338 g/mol. The van der Waals surface area contributed by atoms with Crippen LogP contribution in [0.15, 0.2) is 48.5 Å². The minimum absolute atomic E-state index is 0.148. The fourth-order valence-electron chi connectivity index (χ4n) is 3.33. The Hall–Kier alpha value is -2.53. The fourth-order valence-corrected chi connectivity index (χ4v) is 3.33. The van der Waals surface area contributed by atoms with Gasteiger partial charge in [-0.3, -0.25) is 0 Å². The van der Waals surface area contributed by atoms with Crippen LogP contribution < -0.4 is 15.4 Å². The Bertz CT molecular complexity index is 750. The molecule has 0 atom stereocenters. The maximum atomic E-state index is 12.2. The van der Waals surface area contributed by atoms with Crippen LogP contribution in [0.1, 0.15) is 32.3 Å². The van der Waals surface area contributed by atoms with Crippen LogP contribution >= 0.6 is 0 Å². The first-order valence-electron chi connectivity index (χ1n) is 9.66. The van der Waals surface area contributed by atoms with Gasteiger partial charge in [0.2, 0.25) is 0 Å². The summed E-state index contributed by atoms with van der Waals surface area (Å²) in [4.78, 5) is 14.7. The summed E-state index contributed by atoms with van der Waals surface area (Å²) in [6.07, 6.45) is 1.99. The Morgan fingerprint density at radius 3 is 2.41 bits per heavy atom. The molecule has 0 saturated carbocycles. The molecule has 2 aromatic rings. The molecule has 0 aromatic heterocycles. The van der Waals surface area contributed by atoms with Crippen LogP contribution in [0.25, 0.3) is 0 Å². The number of piperidine rings is 1. The van der Waals surface area contributed by atoms with Crippen molar-refractivity contribution in [3.63, 3.8) is 0 Å². The van der Waals surface area contributed by atoms with Crippen LogP contribution in [0.2, 0.25) is 0 Å². The molecule has 5 heteroatoms. The molecule has 27 heavy (non-hydrogen) atoms. The molecule has 5 nitrogen and oxygen atoms in total. The summed E-state index contributed by atoms with van der Waals surface area (Å²) in [6.45, 7) is 8.53. The monoisotopic (exact) mass is 367 g/mol. The first kappa shape index (κ1) is 19.2. The number of aryl methyl sites for hydroxylation is 1. The average Bonchev–Trinajstić information content (AvgIpc) is 2.64. The molecule has 1 saturated heterocycles. The minimum Gasteiger partial charge on any atom is -0.457 e. The number of likely N-dealkylation sites (tertiary alicyclic amines) is 1. The highest BCUT2D eigenvalue weighted by molar-refractivity contribution is 5.89. The van der Waals surface area contributed by atoms with Gasteiger partial charge in [-0.2, -0.15) is 0 Å². The second-order valence-corrected chi connectivity index (χ2v) is 7.45. The van der Waals surface area contributed by atoms with Gasteiger partial charge in [-0.1, -0.05) is 12.1 Å². The van der Waals surface area contributed by atoms with Crippen LogP contribution in [0.5, 0.6) is 11.5 Å². The van der Waals surface area contributed by atoms with Gasteiger partial charge in [-0.05, 0) is 75.6 Å². The van der Waals surface area contributed by atoms with Crippen LogP contribution in [0, 0.1) is 6.92 Å². The second kappa shape index (κ2) is 8.91. The van der Waals surface area contributed by atoms with E-state index in [-0.39, 0.29) is 12.1 Å². The maximum Gasteiger partial charge on any atom is 0.319 e. The number of hydrogen-bond acceptors (Lipinski definition) is 3. The number of hydrogen-bond donors (Lipinski definition) is 2. The summed E-state index contributed by atoms with van der Waals surface area (Å²) in [5.74, 6) is 1.55. The van der Waals surface area contributed by atoms with E-state index in [0.717, 1.165) is 48.7 Å². The standard InChI is InChI=1S/C22H29N3O2/c1-16(2)25-13-11-19(12-14-25)24-22(26)23-18-7-9-20(10-8-18)27-21-6-4-5-17(3)15-21/h4-10,15-16,19H,11-14H2,1-3H3,(H2,23,24,26). The molecular formula is C22H29N3O2. The number of carbonyl (C=O) groups is 1. The fraction of sp³-hybridized carbons (Fsp3) is 0.409. The molecule has 1 aliphatic rings. The van der Waals surface area contributed by atoms with Gasteiger partial charge in [0.15, 0.2) is 0 Å². The Morgan fingerprint density at radius 1 is 1.07 bits per heavy atom. The minimum atomic E-state index is -0.148. The van der Waals surface area contributed by atoms with E-state index in [1.165, 1.54) is 0 Å². The quantitative estimate of drug-likeness (QED) is 0.799. The van der Waals surface area contributed by atoms with E-state index in [0.29, 0.717) is 6.04 Å². The summed E-state index contributed by atoms with van der Waals surface area (Å²) in [5.41, 5.74) is 1.91. The number of carbonyl (C=O) groups excluding carboxylic acids is 1. The molecule has 3 rings (SSSR count). The SMILES string of the molecule is Cc1cccc(Oc2ccc(NC(=O)NC3CCN(C(C)C)CC3)cc2)c1. The van der Waals surface area contributed by atoms with Crippen molar-refractivity contribution in [3.05, 3.63) is 54.1 Å². The van der Waals surface area contributed by atoms with Crippen LogP contribution in [-0.4, -0.2) is 36.1 Å². The van der Waals surface area contributed by atoms with Gasteiger partial charge in [-0.25, -0.2) is 4.79 Å². The average molecular weight is 367 g/mol. The Labute approximate surface area is 161 Å². The number of nitrogens with one attached hydrogen (secondary N) is 2. The largest absolute Gasteiger partial charge is 0.457 e. The summed E-state index contributed by atoms with van der Waals surface area (Å²) >= 11 is 0. The number of nitrogens with zero attached hydrogens (tertiary/aromatic N) is 1. The lowest BCUT2D eigenvalue weighted by Gasteiger charge is -2.34. The second-order valence-electron chi connectivity index (χ2n) is 7.45. The van der Waals surface area contributed by atoms with Gasteiger partial charge < -0.3 is 20.3 Å². The first-order valence-corrected chi connectivity index (χ1v) is 9.66. The normalized spacial score (nSPS) is 15.6. The summed E-state index contributed by atoms with van der Waals surface area (Å²) in [7, 11) is 0. The highest BCUT2D eigenvalue weighted by Crippen LogP contribution is 2.23. The predicted molar refractivity (Wildman–Crippen MR) is 110 cm³/mol. The zero-order valence-corrected chi connectivity index (χ0v) is 16.4. The lowest BCUT2D eigenvalue weighted by Crippen LogP contribution is -2.47. The molecule has 0 bridgehead atoms. The van der Waals surface area contributed by atoms with Crippen molar-refractivity contribution >= 4 is 11.7 Å². The van der Waals surface area contributed by atoms with Crippen molar-refractivity contribution in [2.75, 3.05) is 18.4 Å². The molecule has 0 spiro atoms. The summed E-state index contributed by atoms with van der Waals surface area (Å²) in [5, 5.41) is 5.98. The lowest BCUT2D eigenvalue weighted by molar-refractivity contribution is 0.163. The van der Waals surface area contributed by atoms with Gasteiger partial charge in [-0.15, -0.1) is 0 Å². The van der Waals surface area contributed by atoms with Crippen LogP contribution in [-0.2, 0) is 0 Å². The van der Waals surface area contributed by atoms with Crippen molar-refractivity contribution in [2.45, 2.75) is 45.7 Å². The Balaban J connectivity index is 1.47. The van der Waals surface area contributed by atoms with Gasteiger partial charge in [0, 0.05) is 30.9 Å². The molecule has 1 fully saturated rings. The van der Waals surface area contributed by atoms with Crippen molar-refractivity contribution in [2.24, 2.45) is 0 Å². The lowest BCUT2D eigenvalue weighted by atomic mass is 10.0. The van der Waals surface area contributed by atoms with E-state index >= 15 is 0 Å². The molecule has 0 aliphatic carbocycles. The number of urea groups is 1. The molecule has 1 aliphatic heterocycles.